The van der Waals surface area contributed by atoms with E-state index in [9.17, 15) is 23.7 Å². The number of aromatic nitrogens is 2. The minimum atomic E-state index is -4.36. The number of ether oxygens (including phenoxy) is 4. The van der Waals surface area contributed by atoms with Gasteiger partial charge in [0, 0.05) is 37.3 Å². The Morgan fingerprint density at radius 3 is 2.04 bits per heavy atom. The van der Waals surface area contributed by atoms with Crippen molar-refractivity contribution in [2.75, 3.05) is 27.3 Å². The van der Waals surface area contributed by atoms with Gasteiger partial charge in [-0.25, -0.2) is 9.46 Å². The number of nitrogens with one attached hydrogen (secondary N) is 1. The lowest BCUT2D eigenvalue weighted by Gasteiger charge is -2.38. The lowest BCUT2D eigenvalue weighted by atomic mass is 9.98. The number of hydrogen-bond donors (Lipinski definition) is 1. The molecule has 0 aromatic carbocycles. The van der Waals surface area contributed by atoms with Crippen LogP contribution in [0, 0.1) is 22.2 Å². The Labute approximate surface area is 300 Å². The number of carbonyl (C=O) groups is 2. The second-order valence-electron chi connectivity index (χ2n) is 14.1. The molecule has 0 bridgehead atoms. The van der Waals surface area contributed by atoms with Gasteiger partial charge in [-0.1, -0.05) is 0 Å². The van der Waals surface area contributed by atoms with E-state index in [0.29, 0.717) is 0 Å². The topological polar surface area (TPSA) is 207 Å². The van der Waals surface area contributed by atoms with E-state index in [-0.39, 0.29) is 25.1 Å². The van der Waals surface area contributed by atoms with E-state index in [1.54, 1.807) is 41.5 Å². The Kier molecular flexibility index (Phi) is 16.8. The van der Waals surface area contributed by atoms with Crippen molar-refractivity contribution in [1.82, 2.24) is 14.2 Å². The molecular formula is C32H52N4O13P2. The third-order valence-electron chi connectivity index (χ3n) is 7.03. The second-order valence-corrected chi connectivity index (χ2v) is 17.4. The zero-order valence-corrected chi connectivity index (χ0v) is 32.9. The first-order valence-corrected chi connectivity index (χ1v) is 19.1. The third kappa shape index (κ3) is 13.3. The first-order chi connectivity index (χ1) is 23.6. The largest absolute Gasteiger partial charge is 0.438 e. The van der Waals surface area contributed by atoms with Crippen LogP contribution in [0.1, 0.15) is 81.9 Å². The van der Waals surface area contributed by atoms with Gasteiger partial charge in [-0.15, -0.1) is 0 Å². The number of aromatic amines is 1. The smallest absolute Gasteiger partial charge is 0.359 e. The third-order valence-corrected chi connectivity index (χ3v) is 10.6. The second kappa shape index (κ2) is 19.3. The molecule has 288 valence electrons. The highest BCUT2D eigenvalue weighted by Gasteiger charge is 2.49. The lowest BCUT2D eigenvalue weighted by molar-refractivity contribution is -0.161. The van der Waals surface area contributed by atoms with Crippen LogP contribution in [-0.4, -0.2) is 83.9 Å². The first-order valence-electron chi connectivity index (χ1n) is 16.3. The number of esters is 2. The van der Waals surface area contributed by atoms with E-state index < -0.39 is 88.3 Å². The molecule has 5 atom stereocenters. The molecule has 0 spiro atoms. The van der Waals surface area contributed by atoms with Gasteiger partial charge < -0.3 is 28.0 Å². The van der Waals surface area contributed by atoms with Crippen LogP contribution in [-0.2, 0) is 51.2 Å². The average Bonchev–Trinajstić information content (AvgIpc) is 3.35. The van der Waals surface area contributed by atoms with E-state index in [1.807, 2.05) is 38.4 Å². The summed E-state index contributed by atoms with van der Waals surface area (Å²) >= 11 is 0. The van der Waals surface area contributed by atoms with Crippen molar-refractivity contribution in [1.29, 1.82) is 5.26 Å². The van der Waals surface area contributed by atoms with Crippen LogP contribution in [0.2, 0.25) is 0 Å². The normalized spacial score (nSPS) is 20.6. The summed E-state index contributed by atoms with van der Waals surface area (Å²) in [7, 11) is -4.86. The fraction of sp³-hybridized carbons (Fsp3) is 0.719. The number of rotatable bonds is 18. The van der Waals surface area contributed by atoms with Crippen molar-refractivity contribution < 1.29 is 51.2 Å². The molecule has 51 heavy (non-hydrogen) atoms. The molecule has 1 fully saturated rings. The standard InChI is InChI=1S/C32H52N4O13P2/c1-21(2)36(22(3)4)50(45-17-12-15-33)49-25-23(48-27(26(25)42-11)35-16-13-24(37)34-30(35)40)14-18-51(41,46-19-43-28(38)31(5,6)7)47-20-44-29(39)32(8,9)10/h13-14,16,18,21-23,25-27H,12,17,19-20H2,1-11H3,(H,34,37,40). The van der Waals surface area contributed by atoms with Crippen molar-refractivity contribution in [3.8, 4) is 6.07 Å². The van der Waals surface area contributed by atoms with E-state index in [2.05, 4.69) is 4.98 Å². The van der Waals surface area contributed by atoms with Gasteiger partial charge in [0.15, 0.2) is 6.23 Å². The molecule has 1 aromatic heterocycles. The summed E-state index contributed by atoms with van der Waals surface area (Å²) in [5, 5.41) is 9.17. The number of nitriles is 1. The number of nitrogens with zero attached hydrogens (tertiary/aromatic N) is 3. The van der Waals surface area contributed by atoms with Gasteiger partial charge in [-0.05, 0) is 75.3 Å². The molecule has 1 aliphatic rings. The Bertz CT molecular complexity index is 1500. The van der Waals surface area contributed by atoms with E-state index in [4.69, 9.17) is 42.3 Å². The Morgan fingerprint density at radius 1 is 1.04 bits per heavy atom. The molecular weight excluding hydrogens is 710 g/mol. The lowest BCUT2D eigenvalue weighted by Crippen LogP contribution is -2.41. The quantitative estimate of drug-likeness (QED) is 0.0909. The first kappa shape index (κ1) is 44.4. The summed E-state index contributed by atoms with van der Waals surface area (Å²) in [5.41, 5.74) is -3.17. The predicted octanol–water partition coefficient (Wildman–Crippen LogP) is 4.94. The maximum absolute atomic E-state index is 14.0. The van der Waals surface area contributed by atoms with Crippen molar-refractivity contribution in [2.24, 2.45) is 10.8 Å². The summed E-state index contributed by atoms with van der Waals surface area (Å²) in [6.45, 7) is 16.1. The fourth-order valence-corrected chi connectivity index (χ4v) is 7.27. The van der Waals surface area contributed by atoms with Gasteiger partial charge in [0.2, 0.25) is 13.6 Å². The molecule has 2 heterocycles. The van der Waals surface area contributed by atoms with Crippen LogP contribution in [0.3, 0.4) is 0 Å². The van der Waals surface area contributed by atoms with Gasteiger partial charge >= 0.3 is 25.2 Å². The minimum Gasteiger partial charge on any atom is -0.438 e. The van der Waals surface area contributed by atoms with Crippen LogP contribution < -0.4 is 11.2 Å². The predicted molar refractivity (Wildman–Crippen MR) is 186 cm³/mol. The van der Waals surface area contributed by atoms with Gasteiger partial charge in [-0.3, -0.25) is 37.5 Å². The van der Waals surface area contributed by atoms with Crippen LogP contribution in [0.25, 0.3) is 0 Å². The molecule has 1 aromatic rings. The van der Waals surface area contributed by atoms with Crippen molar-refractivity contribution in [2.45, 2.75) is 112 Å². The summed E-state index contributed by atoms with van der Waals surface area (Å²) in [5.74, 6) is -0.228. The number of hydrogen-bond acceptors (Lipinski definition) is 15. The average molecular weight is 763 g/mol. The minimum absolute atomic E-state index is 0.0597. The number of H-pyrrole nitrogens is 1. The molecule has 0 saturated carbocycles. The highest BCUT2D eigenvalue weighted by molar-refractivity contribution is 7.57. The maximum atomic E-state index is 14.0. The zero-order chi connectivity index (χ0) is 38.7. The van der Waals surface area contributed by atoms with Crippen molar-refractivity contribution >= 4 is 28.1 Å². The Hall–Kier alpha value is -2.77. The summed E-state index contributed by atoms with van der Waals surface area (Å²) in [4.78, 5) is 51.6. The summed E-state index contributed by atoms with van der Waals surface area (Å²) < 4.78 is 63.0. The van der Waals surface area contributed by atoms with Crippen LogP contribution in [0.5, 0.6) is 0 Å². The fourth-order valence-electron chi connectivity index (χ4n) is 4.49. The number of carbonyl (C=O) groups excluding carboxylic acids is 2. The Morgan fingerprint density at radius 2 is 1.59 bits per heavy atom. The molecule has 0 radical (unpaired) electrons. The molecule has 0 aliphatic carbocycles. The Balaban J connectivity index is 2.59. The monoisotopic (exact) mass is 762 g/mol. The summed E-state index contributed by atoms with van der Waals surface area (Å²) in [6.07, 6.45) is -1.70. The van der Waals surface area contributed by atoms with Crippen LogP contribution in [0.4, 0.5) is 0 Å². The van der Waals surface area contributed by atoms with Crippen LogP contribution in [0.15, 0.2) is 33.7 Å². The van der Waals surface area contributed by atoms with E-state index in [0.717, 1.165) is 16.5 Å². The van der Waals surface area contributed by atoms with Gasteiger partial charge in [0.25, 0.3) is 14.1 Å². The summed E-state index contributed by atoms with van der Waals surface area (Å²) in [6, 6.07) is 3.05. The molecule has 0 amide bonds. The maximum Gasteiger partial charge on any atom is 0.359 e. The molecule has 1 aliphatic heterocycles. The van der Waals surface area contributed by atoms with Gasteiger partial charge in [0.05, 0.1) is 29.9 Å². The molecule has 1 N–H and O–H groups in total. The highest BCUT2D eigenvalue weighted by Crippen LogP contribution is 2.53. The van der Waals surface area contributed by atoms with Gasteiger partial charge in [-0.2, -0.15) is 5.26 Å². The molecule has 1 saturated heterocycles. The van der Waals surface area contributed by atoms with Crippen molar-refractivity contribution in [3.63, 3.8) is 0 Å². The van der Waals surface area contributed by atoms with E-state index >= 15 is 0 Å². The zero-order valence-electron chi connectivity index (χ0n) is 31.1. The molecule has 17 nitrogen and oxygen atoms in total. The van der Waals surface area contributed by atoms with Gasteiger partial charge in [0.1, 0.15) is 18.3 Å². The molecule has 5 unspecified atom stereocenters. The highest BCUT2D eigenvalue weighted by atomic mass is 31.2. The van der Waals surface area contributed by atoms with Crippen LogP contribution >= 0.6 is 16.1 Å². The molecule has 19 heteroatoms. The number of methoxy groups -OCH3 is 1. The SMILES string of the molecule is COC1C(OP(OCCC#N)N(C(C)C)C(C)C)C(C=CP(=O)(OCOC(=O)C(C)(C)C)OCOC(=O)C(C)(C)C)OC1n1ccc(=O)[nH]c1=O. The van der Waals surface area contributed by atoms with Crippen molar-refractivity contribution in [3.05, 3.63) is 45.0 Å². The molecule has 2 rings (SSSR count). The van der Waals surface area contributed by atoms with E-state index in [1.165, 1.54) is 19.4 Å².